The fourth-order valence-corrected chi connectivity index (χ4v) is 1.92. The third-order valence-electron chi connectivity index (χ3n) is 2.67. The number of carbonyl (C=O) groups is 1. The van der Waals surface area contributed by atoms with Crippen molar-refractivity contribution in [1.82, 2.24) is 0 Å². The second-order valence-corrected chi connectivity index (χ2v) is 3.74. The molecule has 1 fully saturated rings. The average Bonchev–Trinajstić information content (AvgIpc) is 2.82. The van der Waals surface area contributed by atoms with E-state index in [1.807, 2.05) is 0 Å². The van der Waals surface area contributed by atoms with Gasteiger partial charge in [0.1, 0.15) is 0 Å². The topological polar surface area (TPSA) is 26.3 Å². The summed E-state index contributed by atoms with van der Waals surface area (Å²) in [6, 6.07) is 0. The normalized spacial score (nSPS) is 27.6. The van der Waals surface area contributed by atoms with Crippen molar-refractivity contribution in [2.45, 2.75) is 26.2 Å². The molecule has 0 aromatic heterocycles. The van der Waals surface area contributed by atoms with Crippen LogP contribution in [0, 0.1) is 11.8 Å². The third kappa shape index (κ3) is 3.36. The van der Waals surface area contributed by atoms with Gasteiger partial charge in [0, 0.05) is 6.08 Å². The first-order valence-electron chi connectivity index (χ1n) is 5.15. The number of hydrogen-bond acceptors (Lipinski definition) is 2. The molecule has 0 saturated heterocycles. The third-order valence-corrected chi connectivity index (χ3v) is 2.67. The van der Waals surface area contributed by atoms with Crippen molar-refractivity contribution < 1.29 is 9.53 Å². The largest absolute Gasteiger partial charge is 0.466 e. The number of esters is 1. The molecule has 2 unspecified atom stereocenters. The molecule has 2 aliphatic rings. The summed E-state index contributed by atoms with van der Waals surface area (Å²) < 4.78 is 4.26. The van der Waals surface area contributed by atoms with Gasteiger partial charge in [0.15, 0.2) is 0 Å². The Morgan fingerprint density at radius 3 is 2.07 bits per heavy atom. The summed E-state index contributed by atoms with van der Waals surface area (Å²) in [4.78, 5) is 10.1. The Morgan fingerprint density at radius 1 is 1.36 bits per heavy atom. The molecule has 0 N–H and O–H groups in total. The molecule has 0 amide bonds. The van der Waals surface area contributed by atoms with E-state index in [4.69, 9.17) is 0 Å². The van der Waals surface area contributed by atoms with E-state index in [1.165, 1.54) is 32.4 Å². The molecule has 14 heavy (non-hydrogen) atoms. The summed E-state index contributed by atoms with van der Waals surface area (Å²) in [5, 5.41) is 0. The van der Waals surface area contributed by atoms with E-state index in [2.05, 4.69) is 16.9 Å². The lowest BCUT2D eigenvalue weighted by Crippen LogP contribution is -1.92. The van der Waals surface area contributed by atoms with Crippen LogP contribution in [0.2, 0.25) is 0 Å². The maximum atomic E-state index is 10.1. The van der Waals surface area contributed by atoms with Crippen molar-refractivity contribution in [3.05, 3.63) is 24.3 Å². The lowest BCUT2D eigenvalue weighted by atomic mass is 10.1. The Labute approximate surface area is 85.6 Å². The summed E-state index contributed by atoms with van der Waals surface area (Å²) in [5.74, 6) is 1.68. The predicted octanol–water partition coefficient (Wildman–Crippen LogP) is 2.71. The highest BCUT2D eigenvalue weighted by atomic mass is 16.5. The van der Waals surface area contributed by atoms with E-state index in [0.29, 0.717) is 0 Å². The summed E-state index contributed by atoms with van der Waals surface area (Å²) >= 11 is 0. The minimum absolute atomic E-state index is 0.303. The standard InChI is InChI=1S/C7H10.C5H8O2/c1-2-7-4-3-6(1)5-7;1-3-4-5(6)7-2/h1-2,6-7H,3-5H2;3-4H,1-2H3/b;4-3+. The SMILES string of the molecule is C/C=C/C(=O)OC.C1=CC2CCC1C2. The van der Waals surface area contributed by atoms with Crippen molar-refractivity contribution >= 4 is 5.97 Å². The molecule has 2 rings (SSSR count). The molecule has 2 bridgehead atoms. The average molecular weight is 194 g/mol. The minimum atomic E-state index is -0.303. The van der Waals surface area contributed by atoms with E-state index >= 15 is 0 Å². The molecule has 0 aromatic carbocycles. The summed E-state index contributed by atoms with van der Waals surface area (Å²) in [5.41, 5.74) is 0. The van der Waals surface area contributed by atoms with Crippen molar-refractivity contribution in [1.29, 1.82) is 0 Å². The monoisotopic (exact) mass is 194 g/mol. The van der Waals surface area contributed by atoms with Gasteiger partial charge in [-0.15, -0.1) is 0 Å². The summed E-state index contributed by atoms with van der Waals surface area (Å²) in [6.07, 6.45) is 12.2. The second-order valence-electron chi connectivity index (χ2n) is 3.74. The number of rotatable bonds is 1. The predicted molar refractivity (Wildman–Crippen MR) is 56.8 cm³/mol. The minimum Gasteiger partial charge on any atom is -0.466 e. The summed E-state index contributed by atoms with van der Waals surface area (Å²) in [7, 11) is 1.35. The Kier molecular flexibility index (Phi) is 4.44. The van der Waals surface area contributed by atoms with E-state index in [-0.39, 0.29) is 5.97 Å². The van der Waals surface area contributed by atoms with Crippen LogP contribution in [0.1, 0.15) is 26.2 Å². The van der Waals surface area contributed by atoms with Crippen LogP contribution in [0.4, 0.5) is 0 Å². The molecule has 0 aliphatic heterocycles. The van der Waals surface area contributed by atoms with Crippen molar-refractivity contribution in [2.24, 2.45) is 11.8 Å². The Hall–Kier alpha value is -1.05. The van der Waals surface area contributed by atoms with Gasteiger partial charge in [-0.2, -0.15) is 0 Å². The van der Waals surface area contributed by atoms with Crippen molar-refractivity contribution in [3.8, 4) is 0 Å². The maximum Gasteiger partial charge on any atom is 0.330 e. The molecule has 2 heteroatoms. The molecule has 0 radical (unpaired) electrons. The van der Waals surface area contributed by atoms with Gasteiger partial charge in [0.25, 0.3) is 0 Å². The highest BCUT2D eigenvalue weighted by molar-refractivity contribution is 5.81. The van der Waals surface area contributed by atoms with Crippen LogP contribution >= 0.6 is 0 Å². The molecule has 2 atom stereocenters. The van der Waals surface area contributed by atoms with Crippen LogP contribution in [-0.4, -0.2) is 13.1 Å². The number of methoxy groups -OCH3 is 1. The fourth-order valence-electron chi connectivity index (χ4n) is 1.92. The molecule has 0 spiro atoms. The quantitative estimate of drug-likeness (QED) is 0.364. The zero-order valence-corrected chi connectivity index (χ0v) is 8.90. The zero-order chi connectivity index (χ0) is 10.4. The van der Waals surface area contributed by atoms with Crippen LogP contribution in [0.5, 0.6) is 0 Å². The number of allylic oxidation sites excluding steroid dienone is 3. The molecule has 2 nitrogen and oxygen atoms in total. The second kappa shape index (κ2) is 5.63. The van der Waals surface area contributed by atoms with E-state index in [9.17, 15) is 4.79 Å². The van der Waals surface area contributed by atoms with E-state index < -0.39 is 0 Å². The Bertz CT molecular complexity index is 229. The van der Waals surface area contributed by atoms with Gasteiger partial charge < -0.3 is 4.74 Å². The van der Waals surface area contributed by atoms with Crippen LogP contribution in [0.3, 0.4) is 0 Å². The van der Waals surface area contributed by atoms with Crippen LogP contribution < -0.4 is 0 Å². The van der Waals surface area contributed by atoms with Gasteiger partial charge in [0.2, 0.25) is 0 Å². The van der Waals surface area contributed by atoms with Crippen LogP contribution in [0.25, 0.3) is 0 Å². The molecule has 78 valence electrons. The lowest BCUT2D eigenvalue weighted by molar-refractivity contribution is -0.134. The van der Waals surface area contributed by atoms with Gasteiger partial charge in [0.05, 0.1) is 7.11 Å². The van der Waals surface area contributed by atoms with E-state index in [1.54, 1.807) is 13.0 Å². The van der Waals surface area contributed by atoms with Gasteiger partial charge in [-0.1, -0.05) is 18.2 Å². The van der Waals surface area contributed by atoms with Crippen molar-refractivity contribution in [3.63, 3.8) is 0 Å². The van der Waals surface area contributed by atoms with Gasteiger partial charge in [-0.25, -0.2) is 4.79 Å². The number of fused-ring (bicyclic) bond motifs is 2. The highest BCUT2D eigenvalue weighted by Crippen LogP contribution is 2.38. The molecule has 1 saturated carbocycles. The zero-order valence-electron chi connectivity index (χ0n) is 8.90. The van der Waals surface area contributed by atoms with E-state index in [0.717, 1.165) is 11.8 Å². The van der Waals surface area contributed by atoms with Crippen LogP contribution in [-0.2, 0) is 9.53 Å². The van der Waals surface area contributed by atoms with Crippen molar-refractivity contribution in [2.75, 3.05) is 7.11 Å². The van der Waals surface area contributed by atoms with Crippen LogP contribution in [0.15, 0.2) is 24.3 Å². The van der Waals surface area contributed by atoms with Gasteiger partial charge >= 0.3 is 5.97 Å². The Balaban J connectivity index is 0.000000140. The first-order chi connectivity index (χ1) is 6.76. The first-order valence-corrected chi connectivity index (χ1v) is 5.15. The molecule has 0 heterocycles. The summed E-state index contributed by atoms with van der Waals surface area (Å²) in [6.45, 7) is 1.76. The number of hydrogen-bond donors (Lipinski definition) is 0. The molecule has 0 aromatic rings. The first kappa shape index (κ1) is 11.0. The molecular weight excluding hydrogens is 176 g/mol. The smallest absolute Gasteiger partial charge is 0.330 e. The lowest BCUT2D eigenvalue weighted by Gasteiger charge is -1.96. The fraction of sp³-hybridized carbons (Fsp3) is 0.583. The molecule has 2 aliphatic carbocycles. The highest BCUT2D eigenvalue weighted by Gasteiger charge is 2.25. The number of ether oxygens (including phenoxy) is 1. The maximum absolute atomic E-state index is 10.1. The van der Waals surface area contributed by atoms with Gasteiger partial charge in [-0.3, -0.25) is 0 Å². The van der Waals surface area contributed by atoms with Gasteiger partial charge in [-0.05, 0) is 38.0 Å². The number of carbonyl (C=O) groups excluding carboxylic acids is 1. The molecular formula is C12H18O2. The Morgan fingerprint density at radius 2 is 1.93 bits per heavy atom.